The lowest BCUT2D eigenvalue weighted by atomic mass is 10.1. The van der Waals surface area contributed by atoms with Crippen molar-refractivity contribution >= 4 is 17.2 Å². The minimum atomic E-state index is 0.0526. The van der Waals surface area contributed by atoms with Gasteiger partial charge in [-0.3, -0.25) is 4.79 Å². The number of carbonyl (C=O) groups is 1. The molecule has 0 spiro atoms. The average molecular weight is 346 g/mol. The zero-order valence-corrected chi connectivity index (χ0v) is 15.0. The maximum absolute atomic E-state index is 12.8. The Bertz CT molecular complexity index is 694. The Kier molecular flexibility index (Phi) is 5.04. The highest BCUT2D eigenvalue weighted by Gasteiger charge is 2.34. The summed E-state index contributed by atoms with van der Waals surface area (Å²) < 4.78 is 11.2. The quantitative estimate of drug-likeness (QED) is 0.766. The van der Waals surface area contributed by atoms with Crippen LogP contribution in [0.25, 0.3) is 0 Å². The molecule has 1 aliphatic carbocycles. The number of aromatic nitrogens is 1. The van der Waals surface area contributed by atoms with Crippen LogP contribution in [0, 0.1) is 0 Å². The van der Waals surface area contributed by atoms with Crippen molar-refractivity contribution in [2.75, 3.05) is 7.11 Å². The van der Waals surface area contributed by atoms with Crippen LogP contribution in [0.4, 0.5) is 0 Å². The average Bonchev–Trinajstić information content (AvgIpc) is 3.26. The van der Waals surface area contributed by atoms with E-state index in [2.05, 4.69) is 18.8 Å². The van der Waals surface area contributed by atoms with E-state index in [1.54, 1.807) is 30.8 Å². The molecule has 2 aromatic rings. The van der Waals surface area contributed by atoms with Crippen molar-refractivity contribution in [3.63, 3.8) is 0 Å². The normalized spacial score (nSPS) is 13.8. The van der Waals surface area contributed by atoms with E-state index in [1.807, 2.05) is 10.3 Å². The largest absolute Gasteiger partial charge is 0.493 e. The third-order valence-corrected chi connectivity index (χ3v) is 4.64. The molecule has 0 saturated heterocycles. The van der Waals surface area contributed by atoms with Crippen molar-refractivity contribution in [3.05, 3.63) is 40.3 Å². The van der Waals surface area contributed by atoms with Crippen LogP contribution in [0.5, 0.6) is 11.5 Å². The molecule has 0 unspecified atom stereocenters. The van der Waals surface area contributed by atoms with Crippen molar-refractivity contribution in [1.82, 2.24) is 9.88 Å². The van der Waals surface area contributed by atoms with Crippen molar-refractivity contribution < 1.29 is 14.3 Å². The molecule has 0 aliphatic heterocycles. The molecule has 1 heterocycles. The van der Waals surface area contributed by atoms with Crippen molar-refractivity contribution in [1.29, 1.82) is 0 Å². The Hall–Kier alpha value is -2.08. The van der Waals surface area contributed by atoms with Gasteiger partial charge >= 0.3 is 0 Å². The zero-order chi connectivity index (χ0) is 17.1. The summed E-state index contributed by atoms with van der Waals surface area (Å²) >= 11 is 1.53. The number of methoxy groups -OCH3 is 1. The number of ether oxygens (including phenoxy) is 2. The molecule has 1 amide bonds. The van der Waals surface area contributed by atoms with Crippen LogP contribution in [0.2, 0.25) is 0 Å². The molecular weight excluding hydrogens is 324 g/mol. The molecule has 0 N–H and O–H groups in total. The van der Waals surface area contributed by atoms with Crippen LogP contribution in [0.15, 0.2) is 29.1 Å². The Balaban J connectivity index is 1.76. The predicted octanol–water partition coefficient (Wildman–Crippen LogP) is 3.74. The molecule has 1 aromatic carbocycles. The molecule has 5 nitrogen and oxygen atoms in total. The van der Waals surface area contributed by atoms with Gasteiger partial charge in [0.2, 0.25) is 0 Å². The minimum Gasteiger partial charge on any atom is -0.493 e. The van der Waals surface area contributed by atoms with Crippen LogP contribution < -0.4 is 9.47 Å². The predicted molar refractivity (Wildman–Crippen MR) is 93.8 cm³/mol. The molecule has 3 rings (SSSR count). The SMILES string of the molecule is COc1cc(C(=O)N(C(C)C)C2CC2)ccc1OCc1cscn1. The first-order valence-electron chi connectivity index (χ1n) is 8.10. The Morgan fingerprint density at radius 3 is 2.75 bits per heavy atom. The molecular formula is C18H22N2O3S. The van der Waals surface area contributed by atoms with Crippen molar-refractivity contribution in [2.24, 2.45) is 0 Å². The number of benzene rings is 1. The zero-order valence-electron chi connectivity index (χ0n) is 14.2. The second kappa shape index (κ2) is 7.21. The van der Waals surface area contributed by atoms with Crippen LogP contribution in [-0.2, 0) is 6.61 Å². The molecule has 1 aliphatic rings. The summed E-state index contributed by atoms with van der Waals surface area (Å²) in [4.78, 5) is 19.0. The van der Waals surface area contributed by atoms with E-state index in [-0.39, 0.29) is 11.9 Å². The third kappa shape index (κ3) is 3.70. The van der Waals surface area contributed by atoms with Gasteiger partial charge in [0.25, 0.3) is 5.91 Å². The van der Waals surface area contributed by atoms with E-state index < -0.39 is 0 Å². The molecule has 0 radical (unpaired) electrons. The third-order valence-electron chi connectivity index (χ3n) is 4.00. The highest BCUT2D eigenvalue weighted by Crippen LogP contribution is 2.33. The number of hydrogen-bond acceptors (Lipinski definition) is 5. The van der Waals surface area contributed by atoms with Gasteiger partial charge in [-0.05, 0) is 44.9 Å². The van der Waals surface area contributed by atoms with E-state index in [9.17, 15) is 4.79 Å². The number of rotatable bonds is 7. The number of carbonyl (C=O) groups excluding carboxylic acids is 1. The van der Waals surface area contributed by atoms with Gasteiger partial charge in [-0.1, -0.05) is 0 Å². The van der Waals surface area contributed by atoms with Gasteiger partial charge in [-0.2, -0.15) is 0 Å². The van der Waals surface area contributed by atoms with E-state index in [0.717, 1.165) is 18.5 Å². The summed E-state index contributed by atoms with van der Waals surface area (Å²) in [6.07, 6.45) is 2.19. The van der Waals surface area contributed by atoms with Crippen LogP contribution in [0.3, 0.4) is 0 Å². The van der Waals surface area contributed by atoms with Crippen LogP contribution >= 0.6 is 11.3 Å². The van der Waals surface area contributed by atoms with E-state index in [1.165, 1.54) is 11.3 Å². The first-order valence-corrected chi connectivity index (χ1v) is 9.05. The van der Waals surface area contributed by atoms with Gasteiger partial charge in [0.05, 0.1) is 18.3 Å². The lowest BCUT2D eigenvalue weighted by Gasteiger charge is -2.27. The molecule has 1 fully saturated rings. The summed E-state index contributed by atoms with van der Waals surface area (Å²) in [6, 6.07) is 5.93. The molecule has 1 aromatic heterocycles. The molecule has 128 valence electrons. The van der Waals surface area contributed by atoms with Gasteiger partial charge < -0.3 is 14.4 Å². The highest BCUT2D eigenvalue weighted by molar-refractivity contribution is 7.07. The summed E-state index contributed by atoms with van der Waals surface area (Å²) in [5.74, 6) is 1.23. The lowest BCUT2D eigenvalue weighted by molar-refractivity contribution is 0.0690. The van der Waals surface area contributed by atoms with Gasteiger partial charge in [-0.15, -0.1) is 11.3 Å². The first-order chi connectivity index (χ1) is 11.6. The number of amides is 1. The van der Waals surface area contributed by atoms with Gasteiger partial charge in [0, 0.05) is 23.0 Å². The first kappa shape index (κ1) is 16.8. The maximum Gasteiger partial charge on any atom is 0.254 e. The second-order valence-electron chi connectivity index (χ2n) is 6.17. The van der Waals surface area contributed by atoms with Crippen molar-refractivity contribution in [3.8, 4) is 11.5 Å². The second-order valence-corrected chi connectivity index (χ2v) is 6.89. The summed E-state index contributed by atoms with van der Waals surface area (Å²) in [7, 11) is 1.58. The molecule has 0 atom stereocenters. The Morgan fingerprint density at radius 2 is 2.17 bits per heavy atom. The van der Waals surface area contributed by atoms with Crippen molar-refractivity contribution in [2.45, 2.75) is 45.4 Å². The maximum atomic E-state index is 12.8. The van der Waals surface area contributed by atoms with E-state index >= 15 is 0 Å². The monoisotopic (exact) mass is 346 g/mol. The fourth-order valence-electron chi connectivity index (χ4n) is 2.70. The van der Waals surface area contributed by atoms with E-state index in [0.29, 0.717) is 29.7 Å². The van der Waals surface area contributed by atoms with Crippen LogP contribution in [-0.4, -0.2) is 35.0 Å². The molecule has 0 bridgehead atoms. The van der Waals surface area contributed by atoms with Gasteiger partial charge in [-0.25, -0.2) is 4.98 Å². The fourth-order valence-corrected chi connectivity index (χ4v) is 3.25. The molecule has 6 heteroatoms. The van der Waals surface area contributed by atoms with Crippen LogP contribution in [0.1, 0.15) is 42.7 Å². The van der Waals surface area contributed by atoms with E-state index in [4.69, 9.17) is 9.47 Å². The number of hydrogen-bond donors (Lipinski definition) is 0. The standard InChI is InChI=1S/C18H22N2O3S/c1-12(2)20(15-5-6-15)18(21)13-4-7-16(17(8-13)22-3)23-9-14-10-24-11-19-14/h4,7-8,10-12,15H,5-6,9H2,1-3H3. The highest BCUT2D eigenvalue weighted by atomic mass is 32.1. The van der Waals surface area contributed by atoms with Gasteiger partial charge in [0.1, 0.15) is 6.61 Å². The molecule has 1 saturated carbocycles. The smallest absolute Gasteiger partial charge is 0.254 e. The lowest BCUT2D eigenvalue weighted by Crippen LogP contribution is -2.38. The topological polar surface area (TPSA) is 51.7 Å². The summed E-state index contributed by atoms with van der Waals surface area (Å²) in [5, 5.41) is 1.94. The Morgan fingerprint density at radius 1 is 1.38 bits per heavy atom. The number of nitrogens with zero attached hydrogens (tertiary/aromatic N) is 2. The minimum absolute atomic E-state index is 0.0526. The fraction of sp³-hybridized carbons (Fsp3) is 0.444. The Labute approximate surface area is 146 Å². The number of thiazole rings is 1. The summed E-state index contributed by atoms with van der Waals surface area (Å²) in [6.45, 7) is 4.49. The van der Waals surface area contributed by atoms with Gasteiger partial charge in [0.15, 0.2) is 11.5 Å². The molecule has 24 heavy (non-hydrogen) atoms. The summed E-state index contributed by atoms with van der Waals surface area (Å²) in [5.41, 5.74) is 3.28.